The van der Waals surface area contributed by atoms with Crippen molar-refractivity contribution in [1.29, 1.82) is 0 Å². The number of hydrogen-bond donors (Lipinski definition) is 0. The highest BCUT2D eigenvalue weighted by molar-refractivity contribution is 5.82. The summed E-state index contributed by atoms with van der Waals surface area (Å²) in [4.78, 5) is 16.3. The molecule has 24 heavy (non-hydrogen) atoms. The van der Waals surface area contributed by atoms with Gasteiger partial charge in [0, 0.05) is 13.6 Å². The van der Waals surface area contributed by atoms with Crippen molar-refractivity contribution in [1.82, 2.24) is 4.90 Å². The Labute approximate surface area is 142 Å². The van der Waals surface area contributed by atoms with Crippen LogP contribution in [0.2, 0.25) is 0 Å². The molecule has 0 saturated heterocycles. The number of amides is 1. The SMILES string of the molecule is C[C@@H](c1ccccc1)N(C)C(=O)CN1CCCc2cccc(F)c21. The Bertz CT molecular complexity index is 717. The van der Waals surface area contributed by atoms with Crippen LogP contribution in [0.5, 0.6) is 0 Å². The molecule has 0 fully saturated rings. The van der Waals surface area contributed by atoms with E-state index in [0.29, 0.717) is 12.2 Å². The Morgan fingerprint density at radius 2 is 1.96 bits per heavy atom. The number of rotatable bonds is 4. The molecule has 0 bridgehead atoms. The van der Waals surface area contributed by atoms with Gasteiger partial charge >= 0.3 is 0 Å². The van der Waals surface area contributed by atoms with E-state index in [1.807, 2.05) is 55.3 Å². The summed E-state index contributed by atoms with van der Waals surface area (Å²) < 4.78 is 14.2. The summed E-state index contributed by atoms with van der Waals surface area (Å²) in [5.74, 6) is -0.235. The smallest absolute Gasteiger partial charge is 0.242 e. The fraction of sp³-hybridized carbons (Fsp3) is 0.350. The van der Waals surface area contributed by atoms with Gasteiger partial charge in [0.1, 0.15) is 5.82 Å². The van der Waals surface area contributed by atoms with Crippen LogP contribution in [-0.4, -0.2) is 30.9 Å². The number of fused-ring (bicyclic) bond motifs is 1. The molecule has 3 nitrogen and oxygen atoms in total. The maximum absolute atomic E-state index is 14.2. The lowest BCUT2D eigenvalue weighted by molar-refractivity contribution is -0.130. The first-order valence-corrected chi connectivity index (χ1v) is 8.41. The minimum absolute atomic E-state index is 0.00227. The molecule has 0 saturated carbocycles. The summed E-state index contributed by atoms with van der Waals surface area (Å²) in [6.07, 6.45) is 1.82. The van der Waals surface area contributed by atoms with Gasteiger partial charge in [-0.15, -0.1) is 0 Å². The van der Waals surface area contributed by atoms with E-state index < -0.39 is 0 Å². The Morgan fingerprint density at radius 1 is 1.21 bits per heavy atom. The van der Waals surface area contributed by atoms with Gasteiger partial charge in [-0.05, 0) is 37.0 Å². The van der Waals surface area contributed by atoms with Gasteiger partial charge in [0.05, 0.1) is 18.3 Å². The molecule has 1 atom stereocenters. The normalized spacial score (nSPS) is 14.9. The Morgan fingerprint density at radius 3 is 2.71 bits per heavy atom. The molecule has 2 aromatic rings. The number of hydrogen-bond acceptors (Lipinski definition) is 2. The van der Waals surface area contributed by atoms with Gasteiger partial charge in [0.2, 0.25) is 5.91 Å². The first kappa shape index (κ1) is 16.5. The largest absolute Gasteiger partial charge is 0.360 e. The molecule has 2 aromatic carbocycles. The molecule has 0 radical (unpaired) electrons. The quantitative estimate of drug-likeness (QED) is 0.853. The number of anilines is 1. The maximum Gasteiger partial charge on any atom is 0.242 e. The molecule has 3 rings (SSSR count). The topological polar surface area (TPSA) is 23.6 Å². The minimum atomic E-state index is -0.237. The molecular formula is C20H23FN2O. The van der Waals surface area contributed by atoms with E-state index in [0.717, 1.165) is 24.0 Å². The number of aryl methyl sites for hydroxylation is 1. The summed E-state index contributed by atoms with van der Waals surface area (Å²) in [7, 11) is 1.81. The van der Waals surface area contributed by atoms with Crippen molar-refractivity contribution >= 4 is 11.6 Å². The number of halogens is 1. The highest BCUT2D eigenvalue weighted by Crippen LogP contribution is 2.30. The second-order valence-corrected chi connectivity index (χ2v) is 6.36. The van der Waals surface area contributed by atoms with E-state index in [-0.39, 0.29) is 24.3 Å². The van der Waals surface area contributed by atoms with E-state index in [9.17, 15) is 9.18 Å². The van der Waals surface area contributed by atoms with Crippen LogP contribution in [0.4, 0.5) is 10.1 Å². The van der Waals surface area contributed by atoms with Gasteiger partial charge in [-0.25, -0.2) is 4.39 Å². The fourth-order valence-electron chi connectivity index (χ4n) is 3.29. The number of benzene rings is 2. The molecule has 1 heterocycles. The van der Waals surface area contributed by atoms with Gasteiger partial charge in [-0.2, -0.15) is 0 Å². The molecule has 1 amide bonds. The highest BCUT2D eigenvalue weighted by Gasteiger charge is 2.25. The molecule has 126 valence electrons. The summed E-state index contributed by atoms with van der Waals surface area (Å²) in [6.45, 7) is 2.94. The van der Waals surface area contributed by atoms with E-state index in [2.05, 4.69) is 0 Å². The molecular weight excluding hydrogens is 303 g/mol. The van der Waals surface area contributed by atoms with Crippen molar-refractivity contribution in [2.45, 2.75) is 25.8 Å². The van der Waals surface area contributed by atoms with Crippen LogP contribution < -0.4 is 4.90 Å². The second kappa shape index (κ2) is 7.04. The van der Waals surface area contributed by atoms with Crippen molar-refractivity contribution < 1.29 is 9.18 Å². The molecule has 1 aliphatic heterocycles. The van der Waals surface area contributed by atoms with Gasteiger partial charge in [0.15, 0.2) is 0 Å². The van der Waals surface area contributed by atoms with Crippen molar-refractivity contribution in [3.8, 4) is 0 Å². The van der Waals surface area contributed by atoms with E-state index in [4.69, 9.17) is 0 Å². The monoisotopic (exact) mass is 326 g/mol. The number of likely N-dealkylation sites (N-methyl/N-ethyl adjacent to an activating group) is 1. The zero-order chi connectivity index (χ0) is 17.1. The Hall–Kier alpha value is -2.36. The molecule has 0 unspecified atom stereocenters. The van der Waals surface area contributed by atoms with Crippen LogP contribution in [0.25, 0.3) is 0 Å². The number of nitrogens with zero attached hydrogens (tertiary/aromatic N) is 2. The van der Waals surface area contributed by atoms with Gasteiger partial charge in [-0.1, -0.05) is 42.5 Å². The number of carbonyl (C=O) groups is 1. The van der Waals surface area contributed by atoms with Gasteiger partial charge in [-0.3, -0.25) is 4.79 Å². The molecule has 4 heteroatoms. The first-order chi connectivity index (χ1) is 11.6. The minimum Gasteiger partial charge on any atom is -0.360 e. The van der Waals surface area contributed by atoms with Crippen LogP contribution >= 0.6 is 0 Å². The summed E-state index contributed by atoms with van der Waals surface area (Å²) in [5, 5.41) is 0. The third-order valence-electron chi connectivity index (χ3n) is 4.84. The lowest BCUT2D eigenvalue weighted by Gasteiger charge is -2.33. The molecule has 0 spiro atoms. The van der Waals surface area contributed by atoms with E-state index in [1.54, 1.807) is 11.0 Å². The van der Waals surface area contributed by atoms with Crippen LogP contribution in [0.1, 0.15) is 30.5 Å². The predicted octanol–water partition coefficient (Wildman–Crippen LogP) is 3.80. The summed E-state index contributed by atoms with van der Waals surface area (Å²) >= 11 is 0. The summed E-state index contributed by atoms with van der Waals surface area (Å²) in [6, 6.07) is 15.1. The zero-order valence-electron chi connectivity index (χ0n) is 14.2. The summed E-state index contributed by atoms with van der Waals surface area (Å²) in [5.41, 5.74) is 2.68. The van der Waals surface area contributed by atoms with Crippen LogP contribution in [0.3, 0.4) is 0 Å². The van der Waals surface area contributed by atoms with E-state index in [1.165, 1.54) is 6.07 Å². The Balaban J connectivity index is 1.74. The van der Waals surface area contributed by atoms with Crippen LogP contribution in [0, 0.1) is 5.82 Å². The fourth-order valence-corrected chi connectivity index (χ4v) is 3.29. The number of carbonyl (C=O) groups excluding carboxylic acids is 1. The highest BCUT2D eigenvalue weighted by atomic mass is 19.1. The third kappa shape index (κ3) is 3.28. The van der Waals surface area contributed by atoms with Crippen LogP contribution in [0.15, 0.2) is 48.5 Å². The molecule has 0 N–H and O–H groups in total. The first-order valence-electron chi connectivity index (χ1n) is 8.41. The lowest BCUT2D eigenvalue weighted by atomic mass is 10.0. The van der Waals surface area contributed by atoms with E-state index >= 15 is 0 Å². The molecule has 0 aromatic heterocycles. The average Bonchev–Trinajstić information content (AvgIpc) is 2.61. The molecule has 0 aliphatic carbocycles. The van der Waals surface area contributed by atoms with Crippen LogP contribution in [-0.2, 0) is 11.2 Å². The maximum atomic E-state index is 14.2. The molecule has 1 aliphatic rings. The van der Waals surface area contributed by atoms with Crippen molar-refractivity contribution in [3.63, 3.8) is 0 Å². The average molecular weight is 326 g/mol. The zero-order valence-corrected chi connectivity index (χ0v) is 14.2. The standard InChI is InChI=1S/C20H23FN2O/c1-15(16-8-4-3-5-9-16)22(2)19(24)14-23-13-7-11-17-10-6-12-18(21)20(17)23/h3-6,8-10,12,15H,7,11,13-14H2,1-2H3/t15-/m0/s1. The van der Waals surface area contributed by atoms with Crippen molar-refractivity contribution in [2.24, 2.45) is 0 Å². The third-order valence-corrected chi connectivity index (χ3v) is 4.84. The van der Waals surface area contributed by atoms with Gasteiger partial charge in [0.25, 0.3) is 0 Å². The van der Waals surface area contributed by atoms with Crippen molar-refractivity contribution in [2.75, 3.05) is 25.0 Å². The van der Waals surface area contributed by atoms with Gasteiger partial charge < -0.3 is 9.80 Å². The lowest BCUT2D eigenvalue weighted by Crippen LogP contribution is -2.42. The Kier molecular flexibility index (Phi) is 4.84. The number of para-hydroxylation sites is 1. The predicted molar refractivity (Wildman–Crippen MR) is 94.6 cm³/mol. The second-order valence-electron chi connectivity index (χ2n) is 6.36. The van der Waals surface area contributed by atoms with Crippen molar-refractivity contribution in [3.05, 3.63) is 65.5 Å².